The van der Waals surface area contributed by atoms with Crippen molar-refractivity contribution in [3.05, 3.63) is 130 Å². The Morgan fingerprint density at radius 1 is 0.720 bits per heavy atom. The van der Waals surface area contributed by atoms with Gasteiger partial charge in [-0.2, -0.15) is 0 Å². The minimum atomic E-state index is -2.33. The van der Waals surface area contributed by atoms with Gasteiger partial charge in [0.25, 0.3) is 5.91 Å². The molecule has 3 atom stereocenters. The minimum absolute atomic E-state index is 0.0303. The van der Waals surface area contributed by atoms with Gasteiger partial charge in [0.15, 0.2) is 29.6 Å². The van der Waals surface area contributed by atoms with Gasteiger partial charge in [0.1, 0.15) is 5.56 Å². The molecule has 0 bridgehead atoms. The van der Waals surface area contributed by atoms with Crippen LogP contribution in [0.1, 0.15) is 83.5 Å². The summed E-state index contributed by atoms with van der Waals surface area (Å²) in [4.78, 5) is 14.9. The van der Waals surface area contributed by atoms with Crippen molar-refractivity contribution in [3.8, 4) is 11.1 Å². The predicted molar refractivity (Wildman–Crippen MR) is 177 cm³/mol. The summed E-state index contributed by atoms with van der Waals surface area (Å²) in [7, 11) is 0. The standard InChI is InChI=1S/C39H39F5N2O4/c40-33-32(34(41)36(43)37(44)35(33)42)38(48)45-21-25-7-6-8-29(19-25)26-13-15-28(16-14-26)39-49-30(22-46-17-4-2-1-3-5-18-46)20-31(50-39)27-11-9-24(23-47)10-12-27/h6-16,19,30-31,39,47H,1-5,17-18,20-23H2,(H,45,48)/t30-,31+,39+/m0/s1. The van der Waals surface area contributed by atoms with Gasteiger partial charge < -0.3 is 24.8 Å². The molecular weight excluding hydrogens is 655 g/mol. The van der Waals surface area contributed by atoms with Crippen LogP contribution in [0.4, 0.5) is 22.0 Å². The van der Waals surface area contributed by atoms with Crippen LogP contribution in [0.5, 0.6) is 0 Å². The molecule has 6 nitrogen and oxygen atoms in total. The van der Waals surface area contributed by atoms with Gasteiger partial charge in [0, 0.05) is 25.1 Å². The van der Waals surface area contributed by atoms with Crippen molar-refractivity contribution in [2.24, 2.45) is 0 Å². The van der Waals surface area contributed by atoms with Crippen molar-refractivity contribution in [1.82, 2.24) is 10.2 Å². The Morgan fingerprint density at radius 3 is 2.00 bits per heavy atom. The number of likely N-dealkylation sites (tertiary alicyclic amines) is 1. The van der Waals surface area contributed by atoms with Crippen molar-refractivity contribution >= 4 is 5.91 Å². The Balaban J connectivity index is 1.16. The molecule has 0 aliphatic carbocycles. The fourth-order valence-electron chi connectivity index (χ4n) is 6.59. The first-order chi connectivity index (χ1) is 24.2. The Hall–Kier alpha value is -4.16. The van der Waals surface area contributed by atoms with Crippen LogP contribution in [0.2, 0.25) is 0 Å². The summed E-state index contributed by atoms with van der Waals surface area (Å²) in [5.41, 5.74) is 3.33. The molecule has 0 radical (unpaired) electrons. The second-order valence-corrected chi connectivity index (χ2v) is 12.9. The van der Waals surface area contributed by atoms with Gasteiger partial charge in [-0.3, -0.25) is 4.79 Å². The summed E-state index contributed by atoms with van der Waals surface area (Å²) in [6.07, 6.45) is 5.99. The number of nitrogens with zero attached hydrogens (tertiary/aromatic N) is 1. The second kappa shape index (κ2) is 16.2. The lowest BCUT2D eigenvalue weighted by Crippen LogP contribution is -2.40. The maximum Gasteiger partial charge on any atom is 0.257 e. The van der Waals surface area contributed by atoms with Gasteiger partial charge >= 0.3 is 0 Å². The third kappa shape index (κ3) is 8.24. The number of aliphatic hydroxyl groups excluding tert-OH is 1. The normalized spacial score (nSPS) is 20.2. The number of benzene rings is 4. The summed E-state index contributed by atoms with van der Waals surface area (Å²) in [5, 5.41) is 11.8. The van der Waals surface area contributed by atoms with Gasteiger partial charge in [0.05, 0.1) is 18.8 Å². The smallest absolute Gasteiger partial charge is 0.257 e. The lowest BCUT2D eigenvalue weighted by Gasteiger charge is -2.38. The quantitative estimate of drug-likeness (QED) is 0.105. The number of amides is 1. The topological polar surface area (TPSA) is 71.0 Å². The van der Waals surface area contributed by atoms with Gasteiger partial charge in [0.2, 0.25) is 5.82 Å². The number of carbonyl (C=O) groups excluding carboxylic acids is 1. The van der Waals surface area contributed by atoms with E-state index in [1.165, 1.54) is 32.1 Å². The zero-order valence-corrected chi connectivity index (χ0v) is 27.4. The third-order valence-electron chi connectivity index (χ3n) is 9.36. The molecule has 264 valence electrons. The first kappa shape index (κ1) is 35.7. The van der Waals surface area contributed by atoms with Crippen LogP contribution in [-0.2, 0) is 22.6 Å². The van der Waals surface area contributed by atoms with Gasteiger partial charge in [-0.05, 0) is 59.8 Å². The van der Waals surface area contributed by atoms with E-state index in [0.29, 0.717) is 12.0 Å². The molecule has 2 heterocycles. The van der Waals surface area contributed by atoms with Crippen LogP contribution in [0.3, 0.4) is 0 Å². The fourth-order valence-corrected chi connectivity index (χ4v) is 6.59. The van der Waals surface area contributed by atoms with E-state index in [1.54, 1.807) is 18.2 Å². The van der Waals surface area contributed by atoms with Gasteiger partial charge in [-0.15, -0.1) is 0 Å². The molecule has 2 aliphatic heterocycles. The number of aliphatic hydroxyl groups is 1. The average molecular weight is 695 g/mol. The minimum Gasteiger partial charge on any atom is -0.392 e. The summed E-state index contributed by atoms with van der Waals surface area (Å²) in [6, 6.07) is 22.5. The average Bonchev–Trinajstić information content (AvgIpc) is 3.13. The Bertz CT molecular complexity index is 1750. The van der Waals surface area contributed by atoms with Crippen LogP contribution in [0.15, 0.2) is 72.8 Å². The highest BCUT2D eigenvalue weighted by molar-refractivity contribution is 5.94. The van der Waals surface area contributed by atoms with Gasteiger partial charge in [-0.25, -0.2) is 22.0 Å². The second-order valence-electron chi connectivity index (χ2n) is 12.9. The summed E-state index contributed by atoms with van der Waals surface area (Å²) in [6.45, 7) is 2.67. The van der Waals surface area contributed by atoms with Crippen molar-refractivity contribution in [1.29, 1.82) is 0 Å². The molecular formula is C39H39F5N2O4. The number of ether oxygens (including phenoxy) is 2. The highest BCUT2D eigenvalue weighted by atomic mass is 19.2. The molecule has 0 unspecified atom stereocenters. The molecule has 0 spiro atoms. The van der Waals surface area contributed by atoms with Crippen LogP contribution in [0, 0.1) is 29.1 Å². The maximum absolute atomic E-state index is 14.1. The zero-order valence-electron chi connectivity index (χ0n) is 27.4. The summed E-state index contributed by atoms with van der Waals surface area (Å²) < 4.78 is 81.9. The van der Waals surface area contributed by atoms with Crippen LogP contribution in [0.25, 0.3) is 11.1 Å². The lowest BCUT2D eigenvalue weighted by atomic mass is 9.98. The van der Waals surface area contributed by atoms with Gasteiger partial charge in [-0.1, -0.05) is 86.0 Å². The fraction of sp³-hybridized carbons (Fsp3) is 0.359. The van der Waals surface area contributed by atoms with E-state index in [4.69, 9.17) is 9.47 Å². The molecule has 50 heavy (non-hydrogen) atoms. The van der Waals surface area contributed by atoms with E-state index in [1.807, 2.05) is 54.6 Å². The highest BCUT2D eigenvalue weighted by Gasteiger charge is 2.33. The third-order valence-corrected chi connectivity index (χ3v) is 9.36. The first-order valence-electron chi connectivity index (χ1n) is 16.9. The Kier molecular flexibility index (Phi) is 11.6. The van der Waals surface area contributed by atoms with E-state index in [-0.39, 0.29) is 25.4 Å². The van der Waals surface area contributed by atoms with E-state index in [9.17, 15) is 31.9 Å². The molecule has 0 aromatic heterocycles. The highest BCUT2D eigenvalue weighted by Crippen LogP contribution is 2.39. The SMILES string of the molecule is O=C(NCc1cccc(-c2ccc([C@@H]3O[C@H](CN4CCCCCCC4)C[C@H](c4ccc(CO)cc4)O3)cc2)c1)c1c(F)c(F)c(F)c(F)c1F. The summed E-state index contributed by atoms with van der Waals surface area (Å²) >= 11 is 0. The lowest BCUT2D eigenvalue weighted by molar-refractivity contribution is -0.253. The monoisotopic (exact) mass is 694 g/mol. The van der Waals surface area contributed by atoms with Crippen molar-refractivity contribution < 1.29 is 41.3 Å². The first-order valence-corrected chi connectivity index (χ1v) is 16.9. The van der Waals surface area contributed by atoms with E-state index < -0.39 is 46.8 Å². The van der Waals surface area contributed by atoms with Crippen molar-refractivity contribution in [2.45, 2.75) is 70.2 Å². The van der Waals surface area contributed by atoms with E-state index >= 15 is 0 Å². The number of carbonyl (C=O) groups is 1. The Labute approximate surface area is 287 Å². The van der Waals surface area contributed by atoms with Crippen molar-refractivity contribution in [3.63, 3.8) is 0 Å². The molecule has 2 N–H and O–H groups in total. The number of hydrogen-bond acceptors (Lipinski definition) is 5. The van der Waals surface area contributed by atoms with E-state index in [0.717, 1.165) is 47.5 Å². The molecule has 0 saturated carbocycles. The molecule has 4 aromatic rings. The molecule has 4 aromatic carbocycles. The number of rotatable bonds is 9. The zero-order chi connectivity index (χ0) is 35.2. The molecule has 11 heteroatoms. The molecule has 2 aliphatic rings. The van der Waals surface area contributed by atoms with Crippen molar-refractivity contribution in [2.75, 3.05) is 19.6 Å². The molecule has 2 fully saturated rings. The molecule has 1 amide bonds. The molecule has 6 rings (SSSR count). The molecule has 2 saturated heterocycles. The number of nitrogens with one attached hydrogen (secondary N) is 1. The van der Waals surface area contributed by atoms with Crippen LogP contribution >= 0.6 is 0 Å². The summed E-state index contributed by atoms with van der Waals surface area (Å²) in [5.74, 6) is -12.5. The predicted octanol–water partition coefficient (Wildman–Crippen LogP) is 8.28. The number of halogens is 5. The number of hydrogen-bond donors (Lipinski definition) is 2. The maximum atomic E-state index is 14.1. The van der Waals surface area contributed by atoms with Crippen LogP contribution < -0.4 is 5.32 Å². The largest absolute Gasteiger partial charge is 0.392 e. The Morgan fingerprint density at radius 2 is 1.34 bits per heavy atom. The van der Waals surface area contributed by atoms with E-state index in [2.05, 4.69) is 10.2 Å². The van der Waals surface area contributed by atoms with Crippen LogP contribution in [-0.4, -0.2) is 41.7 Å².